The third-order valence-corrected chi connectivity index (χ3v) is 11.4. The van der Waals surface area contributed by atoms with E-state index in [1.54, 1.807) is 23.6 Å². The minimum Gasteiger partial charge on any atom is -0.508 e. The normalized spacial score (nSPS) is 15.9. The SMILES string of the molecule is CCc1c2c(nc3ccc(OCCn4ccc5cc(-n6c(-c7cc(C(C)C)c(O)cc7O)n[nH]c6=O)ccc54)cc13)-c1cc3c(c(=O)n1C2)COC(=O)C3(O)CC. The molecule has 6 heterocycles. The zero-order valence-corrected chi connectivity index (χ0v) is 31.8. The van der Waals surface area contributed by atoms with Crippen LogP contribution in [0.4, 0.5) is 0 Å². The van der Waals surface area contributed by atoms with Gasteiger partial charge in [-0.25, -0.2) is 24.2 Å². The lowest BCUT2D eigenvalue weighted by atomic mass is 9.86. The van der Waals surface area contributed by atoms with E-state index in [2.05, 4.69) is 21.7 Å². The number of hydrogen-bond acceptors (Lipinski definition) is 10. The van der Waals surface area contributed by atoms with Crippen molar-refractivity contribution in [2.24, 2.45) is 0 Å². The molecule has 7 aromatic rings. The first kappa shape index (κ1) is 36.0. The molecular weight excluding hydrogens is 729 g/mol. The Morgan fingerprint density at radius 3 is 2.58 bits per heavy atom. The van der Waals surface area contributed by atoms with Crippen LogP contribution in [0.2, 0.25) is 0 Å². The molecule has 14 nitrogen and oxygen atoms in total. The smallest absolute Gasteiger partial charge is 0.348 e. The highest BCUT2D eigenvalue weighted by Crippen LogP contribution is 2.41. The number of aromatic nitrogens is 6. The predicted octanol–water partition coefficient (Wildman–Crippen LogP) is 5.75. The maximum Gasteiger partial charge on any atom is 0.348 e. The molecule has 0 spiro atoms. The van der Waals surface area contributed by atoms with Gasteiger partial charge in [-0.3, -0.25) is 4.79 Å². The van der Waals surface area contributed by atoms with Gasteiger partial charge in [0.1, 0.15) is 30.5 Å². The molecule has 0 amide bonds. The molecule has 9 rings (SSSR count). The van der Waals surface area contributed by atoms with Crippen molar-refractivity contribution in [2.75, 3.05) is 6.61 Å². The number of cyclic esters (lactones) is 1. The van der Waals surface area contributed by atoms with E-state index >= 15 is 0 Å². The Kier molecular flexibility index (Phi) is 8.35. The number of H-pyrrole nitrogens is 1. The summed E-state index contributed by atoms with van der Waals surface area (Å²) in [7, 11) is 0. The van der Waals surface area contributed by atoms with Crippen LogP contribution in [-0.2, 0) is 41.2 Å². The number of ether oxygens (including phenoxy) is 2. The zero-order valence-electron chi connectivity index (χ0n) is 31.8. The lowest BCUT2D eigenvalue weighted by molar-refractivity contribution is -0.172. The maximum atomic E-state index is 13.7. The summed E-state index contributed by atoms with van der Waals surface area (Å²) in [6.07, 6.45) is 2.72. The molecular formula is C43H40N6O8. The Morgan fingerprint density at radius 2 is 1.81 bits per heavy atom. The highest BCUT2D eigenvalue weighted by atomic mass is 16.6. The first-order valence-corrected chi connectivity index (χ1v) is 19.0. The second-order valence-corrected chi connectivity index (χ2v) is 14.9. The van der Waals surface area contributed by atoms with Gasteiger partial charge in [0.05, 0.1) is 46.8 Å². The number of fused-ring (bicyclic) bond motifs is 6. The standard InChI is InChI=1S/C43H40N6O8/c1-5-26-28-16-25(8-9-33(28)44-38-30(26)20-48-35(38)18-32-31(40(48)52)21-57-41(53)43(32,55)6-2)56-14-13-47-12-11-23-15-24(7-10-34(23)47)49-39(45-46-42(49)54)29-17-27(22(3)4)36(50)19-37(29)51/h7-12,15-19,22,50-51,55H,5-6,13-14,20-21H2,1-4H3,(H,46,54). The number of nitrogens with zero attached hydrogens (tertiary/aromatic N) is 5. The molecule has 0 bridgehead atoms. The molecule has 14 heteroatoms. The quantitative estimate of drug-likeness (QED) is 0.132. The second-order valence-electron chi connectivity index (χ2n) is 14.9. The minimum absolute atomic E-state index is 0.0218. The highest BCUT2D eigenvalue weighted by molar-refractivity contribution is 5.90. The molecule has 2 aliphatic heterocycles. The number of phenols is 2. The summed E-state index contributed by atoms with van der Waals surface area (Å²) in [6.45, 7) is 8.66. The van der Waals surface area contributed by atoms with Gasteiger partial charge in [-0.15, -0.1) is 0 Å². The largest absolute Gasteiger partial charge is 0.508 e. The third-order valence-electron chi connectivity index (χ3n) is 11.4. The second kappa shape index (κ2) is 13.2. The fraction of sp³-hybridized carbons (Fsp3) is 0.279. The summed E-state index contributed by atoms with van der Waals surface area (Å²) < 4.78 is 16.6. The van der Waals surface area contributed by atoms with Gasteiger partial charge in [0.2, 0.25) is 0 Å². The fourth-order valence-electron chi connectivity index (χ4n) is 8.37. The van der Waals surface area contributed by atoms with E-state index in [1.165, 1.54) is 10.6 Å². The van der Waals surface area contributed by atoms with Crippen LogP contribution >= 0.6 is 0 Å². The maximum absolute atomic E-state index is 13.7. The number of hydrogen-bond donors (Lipinski definition) is 4. The number of carbonyl (C=O) groups excluding carboxylic acids is 1. The molecule has 1 unspecified atom stereocenters. The number of benzene rings is 3. The van der Waals surface area contributed by atoms with Crippen LogP contribution < -0.4 is 16.0 Å². The van der Waals surface area contributed by atoms with Gasteiger partial charge in [-0.05, 0) is 84.5 Å². The first-order chi connectivity index (χ1) is 27.4. The highest BCUT2D eigenvalue weighted by Gasteiger charge is 2.45. The van der Waals surface area contributed by atoms with Gasteiger partial charge >= 0.3 is 11.7 Å². The van der Waals surface area contributed by atoms with Crippen LogP contribution in [0.1, 0.15) is 67.9 Å². The zero-order chi connectivity index (χ0) is 39.9. The molecule has 290 valence electrons. The number of esters is 1. The summed E-state index contributed by atoms with van der Waals surface area (Å²) in [5.74, 6) is -0.0875. The molecule has 4 aromatic heterocycles. The third kappa shape index (κ3) is 5.53. The Hall–Kier alpha value is -6.67. The molecule has 0 aliphatic carbocycles. The fourth-order valence-corrected chi connectivity index (χ4v) is 8.37. The van der Waals surface area contributed by atoms with E-state index in [9.17, 15) is 29.7 Å². The molecule has 0 saturated heterocycles. The average Bonchev–Trinajstić information content (AvgIpc) is 3.90. The summed E-state index contributed by atoms with van der Waals surface area (Å²) in [5, 5.41) is 40.8. The molecule has 0 radical (unpaired) electrons. The molecule has 4 N–H and O–H groups in total. The lowest BCUT2D eigenvalue weighted by Crippen LogP contribution is -2.44. The van der Waals surface area contributed by atoms with Crippen molar-refractivity contribution in [3.05, 3.63) is 116 Å². The van der Waals surface area contributed by atoms with Crippen LogP contribution in [0.3, 0.4) is 0 Å². The molecule has 0 saturated carbocycles. The number of aromatic hydroxyl groups is 2. The number of aromatic amines is 1. The Morgan fingerprint density at radius 1 is 0.982 bits per heavy atom. The Bertz CT molecular complexity index is 2940. The van der Waals surface area contributed by atoms with Gasteiger partial charge in [0, 0.05) is 39.7 Å². The van der Waals surface area contributed by atoms with E-state index in [0.717, 1.165) is 32.9 Å². The average molecular weight is 769 g/mol. The number of pyridine rings is 2. The van der Waals surface area contributed by atoms with Crippen molar-refractivity contribution in [1.29, 1.82) is 0 Å². The Balaban J connectivity index is 0.967. The monoisotopic (exact) mass is 768 g/mol. The van der Waals surface area contributed by atoms with Crippen LogP contribution in [0.15, 0.2) is 76.4 Å². The summed E-state index contributed by atoms with van der Waals surface area (Å²) in [6, 6.07) is 18.0. The van der Waals surface area contributed by atoms with Crippen LogP contribution in [0, 0.1) is 0 Å². The number of aliphatic hydroxyl groups is 1. The van der Waals surface area contributed by atoms with Gasteiger partial charge < -0.3 is 33.9 Å². The minimum atomic E-state index is -1.89. The van der Waals surface area contributed by atoms with Gasteiger partial charge in [0.25, 0.3) is 5.56 Å². The number of aryl methyl sites for hydroxylation is 1. The van der Waals surface area contributed by atoms with Crippen molar-refractivity contribution in [1.82, 2.24) is 28.9 Å². The van der Waals surface area contributed by atoms with Crippen molar-refractivity contribution in [3.63, 3.8) is 0 Å². The number of rotatable bonds is 9. The van der Waals surface area contributed by atoms with Gasteiger partial charge in [-0.2, -0.15) is 5.10 Å². The van der Waals surface area contributed by atoms with Crippen molar-refractivity contribution in [3.8, 4) is 45.7 Å². The van der Waals surface area contributed by atoms with Crippen molar-refractivity contribution < 1.29 is 29.6 Å². The molecule has 3 aromatic carbocycles. The van der Waals surface area contributed by atoms with E-state index in [-0.39, 0.29) is 41.8 Å². The first-order valence-electron chi connectivity index (χ1n) is 19.0. The summed E-state index contributed by atoms with van der Waals surface area (Å²) in [5.41, 5.74) is 4.35. The molecule has 57 heavy (non-hydrogen) atoms. The topological polar surface area (TPSA) is 187 Å². The predicted molar refractivity (Wildman–Crippen MR) is 212 cm³/mol. The van der Waals surface area contributed by atoms with Crippen molar-refractivity contribution >= 4 is 27.8 Å². The summed E-state index contributed by atoms with van der Waals surface area (Å²) >= 11 is 0. The van der Waals surface area contributed by atoms with Crippen LogP contribution in [0.5, 0.6) is 17.2 Å². The number of carbonyl (C=O) groups is 1. The van der Waals surface area contributed by atoms with Crippen LogP contribution in [0.25, 0.3) is 50.3 Å². The lowest BCUT2D eigenvalue weighted by Gasteiger charge is -2.31. The molecule has 2 aliphatic rings. The number of phenolic OH excluding ortho intramolecular Hbond substituents is 2. The van der Waals surface area contributed by atoms with Crippen LogP contribution in [-0.4, -0.2) is 56.8 Å². The molecule has 1 atom stereocenters. The Labute approximate surface area is 325 Å². The number of nitrogens with one attached hydrogen (secondary N) is 1. The van der Waals surface area contributed by atoms with E-state index in [1.807, 2.05) is 62.5 Å². The van der Waals surface area contributed by atoms with Crippen molar-refractivity contribution in [2.45, 2.75) is 71.8 Å². The molecule has 0 fully saturated rings. The van der Waals surface area contributed by atoms with Gasteiger partial charge in [-0.1, -0.05) is 27.7 Å². The summed E-state index contributed by atoms with van der Waals surface area (Å²) in [4.78, 5) is 44.3. The van der Waals surface area contributed by atoms with E-state index < -0.39 is 17.3 Å². The van der Waals surface area contributed by atoms with Gasteiger partial charge in [0.15, 0.2) is 11.4 Å². The van der Waals surface area contributed by atoms with E-state index in [4.69, 9.17) is 14.5 Å². The van der Waals surface area contributed by atoms with E-state index in [0.29, 0.717) is 71.2 Å².